The molecule has 0 amide bonds. The predicted octanol–water partition coefficient (Wildman–Crippen LogP) is 0.828. The Morgan fingerprint density at radius 3 is 2.81 bits per heavy atom. The van der Waals surface area contributed by atoms with Gasteiger partial charge < -0.3 is 9.84 Å². The van der Waals surface area contributed by atoms with E-state index in [2.05, 4.69) is 9.46 Å². The van der Waals surface area contributed by atoms with Gasteiger partial charge in [-0.25, -0.2) is 17.9 Å². The first-order valence-corrected chi connectivity index (χ1v) is 8.39. The van der Waals surface area contributed by atoms with Crippen LogP contribution in [0.4, 0.5) is 0 Å². The second kappa shape index (κ2) is 7.91. The minimum absolute atomic E-state index is 0.0421. The molecule has 1 aromatic rings. The molecule has 7 nitrogen and oxygen atoms in total. The fourth-order valence-corrected chi connectivity index (χ4v) is 3.21. The molecule has 0 saturated heterocycles. The number of thiophene rings is 1. The molecule has 0 atom stereocenters. The summed E-state index contributed by atoms with van der Waals surface area (Å²) in [6.07, 6.45) is 2.16. The first-order valence-electron chi connectivity index (χ1n) is 5.85. The molecule has 2 N–H and O–H groups in total. The first kappa shape index (κ1) is 17.3. The smallest absolute Gasteiger partial charge is 0.328 e. The van der Waals surface area contributed by atoms with Crippen LogP contribution in [0, 0.1) is 0 Å². The van der Waals surface area contributed by atoms with E-state index >= 15 is 0 Å². The van der Waals surface area contributed by atoms with E-state index in [1.54, 1.807) is 11.4 Å². The van der Waals surface area contributed by atoms with E-state index in [1.165, 1.54) is 24.5 Å². The van der Waals surface area contributed by atoms with Gasteiger partial charge >= 0.3 is 11.9 Å². The Morgan fingerprint density at radius 1 is 1.48 bits per heavy atom. The van der Waals surface area contributed by atoms with Crippen LogP contribution in [-0.4, -0.2) is 38.3 Å². The largest absolute Gasteiger partial charge is 0.478 e. The van der Waals surface area contributed by atoms with Gasteiger partial charge in [0.15, 0.2) is 0 Å². The van der Waals surface area contributed by atoms with Crippen LogP contribution >= 0.6 is 11.3 Å². The number of sulfonamides is 1. The van der Waals surface area contributed by atoms with Crippen LogP contribution in [0.1, 0.15) is 16.9 Å². The topological polar surface area (TPSA) is 110 Å². The molecule has 0 unspecified atom stereocenters. The summed E-state index contributed by atoms with van der Waals surface area (Å²) in [4.78, 5) is 22.1. The zero-order valence-electron chi connectivity index (χ0n) is 11.2. The second-order valence-electron chi connectivity index (χ2n) is 3.94. The van der Waals surface area contributed by atoms with Gasteiger partial charge in [0, 0.05) is 17.5 Å². The van der Waals surface area contributed by atoms with E-state index in [1.807, 2.05) is 0 Å². The minimum Gasteiger partial charge on any atom is -0.478 e. The van der Waals surface area contributed by atoms with Gasteiger partial charge in [-0.15, -0.1) is 11.3 Å². The Hall–Kier alpha value is -1.71. The number of ether oxygens (including phenoxy) is 1. The molecule has 0 aromatic carbocycles. The van der Waals surface area contributed by atoms with Gasteiger partial charge in [0.25, 0.3) is 0 Å². The van der Waals surface area contributed by atoms with Crippen LogP contribution in [-0.2, 0) is 30.9 Å². The van der Waals surface area contributed by atoms with Crippen molar-refractivity contribution in [2.45, 2.75) is 13.0 Å². The standard InChI is InChI=1S/C12H15NO6S2/c1-19-12(16)5-7-21(17,18)13-8-10-9(4-6-20-10)2-3-11(14)15/h2-4,6,13H,5,7-8H2,1H3,(H,14,15)/b3-2+. The van der Waals surface area contributed by atoms with Gasteiger partial charge in [0.1, 0.15) is 0 Å². The SMILES string of the molecule is COC(=O)CCS(=O)(=O)NCc1sccc1/C=C/C(=O)O. The third-order valence-electron chi connectivity index (χ3n) is 2.44. The van der Waals surface area contributed by atoms with Crippen LogP contribution in [0.5, 0.6) is 0 Å². The lowest BCUT2D eigenvalue weighted by atomic mass is 10.2. The predicted molar refractivity (Wildman–Crippen MR) is 78.2 cm³/mol. The number of hydrogen-bond donors (Lipinski definition) is 2. The fourth-order valence-electron chi connectivity index (χ4n) is 1.37. The number of aliphatic carboxylic acids is 1. The number of carboxylic acids is 1. The third-order valence-corrected chi connectivity index (χ3v) is 4.70. The Bertz CT molecular complexity index is 632. The molecule has 0 aliphatic carbocycles. The summed E-state index contributed by atoms with van der Waals surface area (Å²) in [6, 6.07) is 1.70. The summed E-state index contributed by atoms with van der Waals surface area (Å²) in [5.74, 6) is -2.03. The number of carbonyl (C=O) groups excluding carboxylic acids is 1. The Labute approximate surface area is 126 Å². The maximum absolute atomic E-state index is 11.7. The maximum atomic E-state index is 11.7. The molecule has 1 heterocycles. The third kappa shape index (κ3) is 6.52. The Kier molecular flexibility index (Phi) is 6.53. The van der Waals surface area contributed by atoms with Crippen LogP contribution in [0.15, 0.2) is 17.5 Å². The van der Waals surface area contributed by atoms with Crippen molar-refractivity contribution < 1.29 is 27.9 Å². The highest BCUT2D eigenvalue weighted by molar-refractivity contribution is 7.89. The molecule has 0 spiro atoms. The summed E-state index contributed by atoms with van der Waals surface area (Å²) < 4.78 is 30.1. The Morgan fingerprint density at radius 2 is 2.19 bits per heavy atom. The van der Waals surface area contributed by atoms with E-state index in [0.717, 1.165) is 6.08 Å². The van der Waals surface area contributed by atoms with Crippen LogP contribution < -0.4 is 4.72 Å². The molecule has 116 valence electrons. The number of carbonyl (C=O) groups is 2. The van der Waals surface area contributed by atoms with E-state index < -0.39 is 22.0 Å². The van der Waals surface area contributed by atoms with Crippen LogP contribution in [0.3, 0.4) is 0 Å². The minimum atomic E-state index is -3.60. The van der Waals surface area contributed by atoms with Crippen molar-refractivity contribution in [1.29, 1.82) is 0 Å². The van der Waals surface area contributed by atoms with Gasteiger partial charge in [-0.3, -0.25) is 4.79 Å². The highest BCUT2D eigenvalue weighted by Crippen LogP contribution is 2.18. The average Bonchev–Trinajstić information content (AvgIpc) is 2.88. The highest BCUT2D eigenvalue weighted by Gasteiger charge is 2.14. The molecular weight excluding hydrogens is 318 g/mol. The number of esters is 1. The number of hydrogen-bond acceptors (Lipinski definition) is 6. The molecule has 0 fully saturated rings. The summed E-state index contributed by atoms with van der Waals surface area (Å²) in [5.41, 5.74) is 0.637. The van der Waals surface area contributed by atoms with E-state index in [0.29, 0.717) is 10.4 Å². The molecule has 0 radical (unpaired) electrons. The summed E-state index contributed by atoms with van der Waals surface area (Å²) in [6.45, 7) is 0.0421. The molecule has 0 aliphatic heterocycles. The Balaban J connectivity index is 2.61. The van der Waals surface area contributed by atoms with Crippen molar-refractivity contribution in [1.82, 2.24) is 4.72 Å². The van der Waals surface area contributed by atoms with Gasteiger partial charge in [0.2, 0.25) is 10.0 Å². The normalized spacial score (nSPS) is 11.7. The van der Waals surface area contributed by atoms with E-state index in [-0.39, 0.29) is 18.7 Å². The zero-order valence-corrected chi connectivity index (χ0v) is 12.9. The molecule has 0 saturated carbocycles. The van der Waals surface area contributed by atoms with Crippen molar-refractivity contribution >= 4 is 39.4 Å². The average molecular weight is 333 g/mol. The van der Waals surface area contributed by atoms with E-state index in [9.17, 15) is 18.0 Å². The fraction of sp³-hybridized carbons (Fsp3) is 0.333. The second-order valence-corrected chi connectivity index (χ2v) is 6.86. The lowest BCUT2D eigenvalue weighted by Gasteiger charge is -2.05. The molecule has 1 rings (SSSR count). The monoisotopic (exact) mass is 333 g/mol. The first-order chi connectivity index (χ1) is 9.84. The molecule has 0 aliphatic rings. The number of rotatable bonds is 8. The quantitative estimate of drug-likeness (QED) is 0.538. The van der Waals surface area contributed by atoms with Crippen molar-refractivity contribution in [2.24, 2.45) is 0 Å². The molecule has 9 heteroatoms. The van der Waals surface area contributed by atoms with Crippen molar-refractivity contribution in [2.75, 3.05) is 12.9 Å². The van der Waals surface area contributed by atoms with Crippen molar-refractivity contribution in [3.8, 4) is 0 Å². The lowest BCUT2D eigenvalue weighted by Crippen LogP contribution is -2.27. The summed E-state index contributed by atoms with van der Waals surface area (Å²) in [7, 11) is -2.41. The van der Waals surface area contributed by atoms with Gasteiger partial charge in [-0.1, -0.05) is 0 Å². The molecular formula is C12H15NO6S2. The summed E-state index contributed by atoms with van der Waals surface area (Å²) >= 11 is 1.31. The van der Waals surface area contributed by atoms with Gasteiger partial charge in [-0.05, 0) is 23.1 Å². The summed E-state index contributed by atoms with van der Waals surface area (Å²) in [5, 5.41) is 10.3. The molecule has 21 heavy (non-hydrogen) atoms. The van der Waals surface area contributed by atoms with Crippen LogP contribution in [0.25, 0.3) is 6.08 Å². The molecule has 0 bridgehead atoms. The highest BCUT2D eigenvalue weighted by atomic mass is 32.2. The zero-order chi connectivity index (χ0) is 15.9. The van der Waals surface area contributed by atoms with Crippen LogP contribution in [0.2, 0.25) is 0 Å². The number of methoxy groups -OCH3 is 1. The van der Waals surface area contributed by atoms with Crippen molar-refractivity contribution in [3.05, 3.63) is 28.0 Å². The lowest BCUT2D eigenvalue weighted by molar-refractivity contribution is -0.140. The van der Waals surface area contributed by atoms with E-state index in [4.69, 9.17) is 5.11 Å². The number of carboxylic acid groups (broad SMARTS) is 1. The number of nitrogens with one attached hydrogen (secondary N) is 1. The van der Waals surface area contributed by atoms with Gasteiger partial charge in [0.05, 0.1) is 19.3 Å². The van der Waals surface area contributed by atoms with Crippen molar-refractivity contribution in [3.63, 3.8) is 0 Å². The molecule has 1 aromatic heterocycles. The maximum Gasteiger partial charge on any atom is 0.328 e. The van der Waals surface area contributed by atoms with Gasteiger partial charge in [-0.2, -0.15) is 0 Å².